The molecule has 1 atom stereocenters. The molecule has 0 radical (unpaired) electrons. The van der Waals surface area contributed by atoms with E-state index in [0.29, 0.717) is 13.1 Å². The highest BCUT2D eigenvalue weighted by molar-refractivity contribution is 7.89. The predicted octanol–water partition coefficient (Wildman–Crippen LogP) is 0.832. The Kier molecular flexibility index (Phi) is 5.49. The minimum absolute atomic E-state index is 0.118. The van der Waals surface area contributed by atoms with Crippen LogP contribution in [0.2, 0.25) is 0 Å². The highest BCUT2D eigenvalue weighted by Gasteiger charge is 2.20. The molecule has 0 aliphatic heterocycles. The van der Waals surface area contributed by atoms with Gasteiger partial charge in [-0.1, -0.05) is 26.0 Å². The van der Waals surface area contributed by atoms with E-state index in [0.717, 1.165) is 12.0 Å². The first-order valence-corrected chi connectivity index (χ1v) is 7.79. The Bertz CT molecular complexity index is 510. The van der Waals surface area contributed by atoms with Gasteiger partial charge >= 0.3 is 0 Å². The highest BCUT2D eigenvalue weighted by atomic mass is 32.2. The van der Waals surface area contributed by atoms with Crippen molar-refractivity contribution in [3.63, 3.8) is 0 Å². The van der Waals surface area contributed by atoms with Crippen LogP contribution in [0.25, 0.3) is 0 Å². The molecule has 0 aliphatic rings. The van der Waals surface area contributed by atoms with E-state index in [9.17, 15) is 13.5 Å². The molecular formula is C13H22N2O3S. The van der Waals surface area contributed by atoms with E-state index in [2.05, 4.69) is 5.32 Å². The number of primary sulfonamides is 1. The summed E-state index contributed by atoms with van der Waals surface area (Å²) >= 11 is 0. The molecule has 0 aromatic heterocycles. The molecule has 0 saturated heterocycles. The third kappa shape index (κ3) is 4.91. The molecule has 5 nitrogen and oxygen atoms in total. The normalized spacial score (nSPS) is 15.2. The number of sulfonamides is 1. The third-order valence-corrected chi connectivity index (χ3v) is 4.25. The van der Waals surface area contributed by atoms with Gasteiger partial charge in [-0.05, 0) is 24.1 Å². The van der Waals surface area contributed by atoms with E-state index in [1.807, 2.05) is 19.9 Å². The Hall–Kier alpha value is -0.950. The molecule has 0 fully saturated rings. The Morgan fingerprint density at radius 2 is 2.11 bits per heavy atom. The number of benzene rings is 1. The standard InChI is InChI=1S/C13H22N2O3S/c1-3-13(2,10-16)9-15-8-11-5-4-6-12(7-11)19(14,17)18/h4-7,15-16H,3,8-10H2,1-2H3,(H2,14,17,18). The zero-order valence-corrected chi connectivity index (χ0v) is 12.2. The molecule has 0 bridgehead atoms. The third-order valence-electron chi connectivity index (χ3n) is 3.34. The second-order valence-corrected chi connectivity index (χ2v) is 6.68. The molecule has 0 heterocycles. The van der Waals surface area contributed by atoms with Crippen molar-refractivity contribution in [2.24, 2.45) is 10.6 Å². The number of aliphatic hydroxyl groups excluding tert-OH is 1. The van der Waals surface area contributed by atoms with Crippen LogP contribution in [0, 0.1) is 5.41 Å². The molecule has 1 aromatic rings. The van der Waals surface area contributed by atoms with Crippen molar-refractivity contribution >= 4 is 10.0 Å². The largest absolute Gasteiger partial charge is 0.396 e. The molecule has 1 unspecified atom stereocenters. The van der Waals surface area contributed by atoms with Crippen LogP contribution in [-0.2, 0) is 16.6 Å². The quantitative estimate of drug-likeness (QED) is 0.692. The summed E-state index contributed by atoms with van der Waals surface area (Å²) in [6.45, 7) is 5.35. The first-order valence-electron chi connectivity index (χ1n) is 6.24. The monoisotopic (exact) mass is 286 g/mol. The van der Waals surface area contributed by atoms with Gasteiger partial charge in [0.15, 0.2) is 0 Å². The zero-order chi connectivity index (χ0) is 14.5. The molecule has 0 amide bonds. The second kappa shape index (κ2) is 6.47. The van der Waals surface area contributed by atoms with Gasteiger partial charge in [-0.25, -0.2) is 13.6 Å². The average Bonchev–Trinajstić information content (AvgIpc) is 2.38. The van der Waals surface area contributed by atoms with Crippen LogP contribution in [0.3, 0.4) is 0 Å². The summed E-state index contributed by atoms with van der Waals surface area (Å²) < 4.78 is 22.5. The van der Waals surface area contributed by atoms with Crippen LogP contribution in [0.4, 0.5) is 0 Å². The zero-order valence-electron chi connectivity index (χ0n) is 11.4. The van der Waals surface area contributed by atoms with Crippen molar-refractivity contribution < 1.29 is 13.5 Å². The lowest BCUT2D eigenvalue weighted by Gasteiger charge is -2.25. The van der Waals surface area contributed by atoms with Crippen LogP contribution < -0.4 is 10.5 Å². The van der Waals surface area contributed by atoms with Crippen LogP contribution in [-0.4, -0.2) is 26.7 Å². The van der Waals surface area contributed by atoms with Crippen molar-refractivity contribution in [1.82, 2.24) is 5.32 Å². The first-order chi connectivity index (χ1) is 8.80. The van der Waals surface area contributed by atoms with Gasteiger partial charge in [0.25, 0.3) is 0 Å². The maximum atomic E-state index is 11.2. The summed E-state index contributed by atoms with van der Waals surface area (Å²) in [6.07, 6.45) is 0.869. The maximum Gasteiger partial charge on any atom is 0.238 e. The number of hydrogen-bond acceptors (Lipinski definition) is 4. The Morgan fingerprint density at radius 1 is 1.42 bits per heavy atom. The summed E-state index contributed by atoms with van der Waals surface area (Å²) in [6, 6.07) is 6.54. The number of rotatable bonds is 7. The molecule has 108 valence electrons. The molecule has 0 spiro atoms. The van der Waals surface area contributed by atoms with Crippen LogP contribution in [0.1, 0.15) is 25.8 Å². The van der Waals surface area contributed by atoms with Gasteiger partial charge in [-0.2, -0.15) is 0 Å². The molecule has 19 heavy (non-hydrogen) atoms. The molecular weight excluding hydrogens is 264 g/mol. The van der Waals surface area contributed by atoms with Crippen LogP contribution >= 0.6 is 0 Å². The van der Waals surface area contributed by atoms with Crippen LogP contribution in [0.5, 0.6) is 0 Å². The van der Waals surface area contributed by atoms with Crippen molar-refractivity contribution in [1.29, 1.82) is 0 Å². The van der Waals surface area contributed by atoms with Gasteiger partial charge in [-0.3, -0.25) is 0 Å². The van der Waals surface area contributed by atoms with E-state index in [4.69, 9.17) is 5.14 Å². The van der Waals surface area contributed by atoms with Gasteiger partial charge < -0.3 is 10.4 Å². The Labute approximate surface area is 114 Å². The van der Waals surface area contributed by atoms with Gasteiger partial charge in [0, 0.05) is 25.1 Å². The SMILES string of the molecule is CCC(C)(CO)CNCc1cccc(S(N)(=O)=O)c1. The van der Waals surface area contributed by atoms with E-state index >= 15 is 0 Å². The lowest BCUT2D eigenvalue weighted by molar-refractivity contribution is 0.135. The topological polar surface area (TPSA) is 92.4 Å². The van der Waals surface area contributed by atoms with E-state index in [-0.39, 0.29) is 16.9 Å². The molecule has 4 N–H and O–H groups in total. The average molecular weight is 286 g/mol. The van der Waals surface area contributed by atoms with Gasteiger partial charge in [0.1, 0.15) is 0 Å². The van der Waals surface area contributed by atoms with Crippen molar-refractivity contribution in [2.75, 3.05) is 13.2 Å². The Balaban J connectivity index is 2.65. The summed E-state index contributed by atoms with van der Waals surface area (Å²) in [5.41, 5.74) is 0.695. The minimum atomic E-state index is -3.66. The van der Waals surface area contributed by atoms with Crippen molar-refractivity contribution in [3.8, 4) is 0 Å². The molecule has 0 aliphatic carbocycles. The summed E-state index contributed by atoms with van der Waals surface area (Å²) in [5, 5.41) is 17.6. The lowest BCUT2D eigenvalue weighted by Crippen LogP contribution is -2.34. The van der Waals surface area contributed by atoms with E-state index in [1.165, 1.54) is 6.07 Å². The Morgan fingerprint density at radius 3 is 2.63 bits per heavy atom. The van der Waals surface area contributed by atoms with E-state index < -0.39 is 10.0 Å². The molecule has 0 saturated carbocycles. The number of nitrogens with one attached hydrogen (secondary N) is 1. The summed E-state index contributed by atoms with van der Waals surface area (Å²) in [7, 11) is -3.66. The summed E-state index contributed by atoms with van der Waals surface area (Å²) in [4.78, 5) is 0.118. The minimum Gasteiger partial charge on any atom is -0.396 e. The van der Waals surface area contributed by atoms with Gasteiger partial charge in [0.05, 0.1) is 4.90 Å². The van der Waals surface area contributed by atoms with Gasteiger partial charge in [0.2, 0.25) is 10.0 Å². The van der Waals surface area contributed by atoms with Crippen molar-refractivity contribution in [2.45, 2.75) is 31.7 Å². The van der Waals surface area contributed by atoms with E-state index in [1.54, 1.807) is 12.1 Å². The number of aliphatic hydroxyl groups is 1. The smallest absolute Gasteiger partial charge is 0.238 e. The van der Waals surface area contributed by atoms with Crippen LogP contribution in [0.15, 0.2) is 29.2 Å². The molecule has 6 heteroatoms. The molecule has 1 rings (SSSR count). The molecule has 1 aromatic carbocycles. The fourth-order valence-electron chi connectivity index (χ4n) is 1.63. The number of hydrogen-bond donors (Lipinski definition) is 3. The lowest BCUT2D eigenvalue weighted by atomic mass is 9.88. The van der Waals surface area contributed by atoms with Gasteiger partial charge in [-0.15, -0.1) is 0 Å². The fourth-order valence-corrected chi connectivity index (χ4v) is 2.22. The summed E-state index contributed by atoms with van der Waals surface area (Å²) in [5.74, 6) is 0. The number of nitrogens with two attached hydrogens (primary N) is 1. The fraction of sp³-hybridized carbons (Fsp3) is 0.538. The predicted molar refractivity (Wildman–Crippen MR) is 75.0 cm³/mol. The first kappa shape index (κ1) is 16.1. The van der Waals surface area contributed by atoms with Crippen molar-refractivity contribution in [3.05, 3.63) is 29.8 Å². The highest BCUT2D eigenvalue weighted by Crippen LogP contribution is 2.18. The second-order valence-electron chi connectivity index (χ2n) is 5.12. The maximum absolute atomic E-state index is 11.2.